The van der Waals surface area contributed by atoms with Gasteiger partial charge in [0, 0.05) is 22.7 Å². The third-order valence-corrected chi connectivity index (χ3v) is 4.69. The van der Waals surface area contributed by atoms with Crippen LogP contribution in [0.2, 0.25) is 0 Å². The molecule has 0 bridgehead atoms. The minimum absolute atomic E-state index is 0.00514. The van der Waals surface area contributed by atoms with Crippen LogP contribution in [0.1, 0.15) is 36.5 Å². The van der Waals surface area contributed by atoms with E-state index in [1.165, 1.54) is 23.9 Å². The van der Waals surface area contributed by atoms with Crippen molar-refractivity contribution in [1.29, 1.82) is 0 Å². The van der Waals surface area contributed by atoms with Crippen molar-refractivity contribution in [3.63, 3.8) is 0 Å². The van der Waals surface area contributed by atoms with Crippen molar-refractivity contribution in [1.82, 2.24) is 0 Å². The van der Waals surface area contributed by atoms with Gasteiger partial charge in [-0.25, -0.2) is 4.79 Å². The molecular formula is C20H22N2O4S. The van der Waals surface area contributed by atoms with Crippen molar-refractivity contribution in [2.24, 2.45) is 0 Å². The fourth-order valence-electron chi connectivity index (χ4n) is 2.24. The number of thioether (sulfide) groups is 1. The number of carboxylic acids is 1. The van der Waals surface area contributed by atoms with Crippen LogP contribution in [-0.4, -0.2) is 28.6 Å². The maximum Gasteiger partial charge on any atom is 0.335 e. The first-order chi connectivity index (χ1) is 13.0. The van der Waals surface area contributed by atoms with Crippen LogP contribution in [-0.2, 0) is 9.59 Å². The summed E-state index contributed by atoms with van der Waals surface area (Å²) in [5.41, 5.74) is 1.46. The zero-order chi connectivity index (χ0) is 19.6. The molecule has 2 rings (SSSR count). The Kier molecular flexibility index (Phi) is 7.88. The predicted molar refractivity (Wildman–Crippen MR) is 107 cm³/mol. The van der Waals surface area contributed by atoms with E-state index in [1.54, 1.807) is 12.1 Å². The highest BCUT2D eigenvalue weighted by molar-refractivity contribution is 8.00. The number of unbranched alkanes of at least 4 members (excludes halogenated alkanes) is 1. The lowest BCUT2D eigenvalue weighted by molar-refractivity contribution is -0.116. The second kappa shape index (κ2) is 10.4. The predicted octanol–water partition coefficient (Wildman–Crippen LogP) is 4.24. The van der Waals surface area contributed by atoms with E-state index in [0.717, 1.165) is 23.4 Å². The summed E-state index contributed by atoms with van der Waals surface area (Å²) < 4.78 is 0. The van der Waals surface area contributed by atoms with Gasteiger partial charge in [0.05, 0.1) is 11.3 Å². The highest BCUT2D eigenvalue weighted by atomic mass is 32.2. The largest absolute Gasteiger partial charge is 0.478 e. The molecule has 0 aliphatic carbocycles. The van der Waals surface area contributed by atoms with Crippen molar-refractivity contribution < 1.29 is 19.5 Å². The summed E-state index contributed by atoms with van der Waals surface area (Å²) in [5, 5.41) is 14.4. The summed E-state index contributed by atoms with van der Waals surface area (Å²) in [7, 11) is 0. The second-order valence-electron chi connectivity index (χ2n) is 5.90. The summed E-state index contributed by atoms with van der Waals surface area (Å²) >= 11 is 1.38. The van der Waals surface area contributed by atoms with Gasteiger partial charge in [0.1, 0.15) is 0 Å². The average Bonchev–Trinajstić information content (AvgIpc) is 2.66. The SMILES string of the molecule is CCCCC(=O)Nc1ccc(SCC(=O)Nc2ccc(C(=O)O)cc2)cc1. The first-order valence-electron chi connectivity index (χ1n) is 8.64. The minimum atomic E-state index is -1.01. The molecule has 2 amide bonds. The van der Waals surface area contributed by atoms with Gasteiger partial charge in [0.15, 0.2) is 0 Å². The molecule has 0 saturated heterocycles. The molecule has 0 aliphatic heterocycles. The van der Waals surface area contributed by atoms with Crippen molar-refractivity contribution >= 4 is 40.9 Å². The Morgan fingerprint density at radius 2 is 1.44 bits per heavy atom. The second-order valence-corrected chi connectivity index (χ2v) is 6.94. The number of hydrogen-bond donors (Lipinski definition) is 3. The lowest BCUT2D eigenvalue weighted by Crippen LogP contribution is -2.14. The Hall–Kier alpha value is -2.80. The van der Waals surface area contributed by atoms with Crippen LogP contribution < -0.4 is 10.6 Å². The van der Waals surface area contributed by atoms with Crippen LogP contribution >= 0.6 is 11.8 Å². The molecule has 3 N–H and O–H groups in total. The van der Waals surface area contributed by atoms with Gasteiger partial charge in [-0.15, -0.1) is 11.8 Å². The number of carbonyl (C=O) groups excluding carboxylic acids is 2. The molecule has 0 radical (unpaired) electrons. The van der Waals surface area contributed by atoms with E-state index < -0.39 is 5.97 Å². The third-order valence-electron chi connectivity index (χ3n) is 3.68. The van der Waals surface area contributed by atoms with Crippen molar-refractivity contribution in [2.75, 3.05) is 16.4 Å². The number of carbonyl (C=O) groups is 3. The molecule has 142 valence electrons. The molecule has 0 saturated carbocycles. The standard InChI is InChI=1S/C20H22N2O4S/c1-2-3-4-18(23)21-16-9-11-17(12-10-16)27-13-19(24)22-15-7-5-14(6-8-15)20(25)26/h5-12H,2-4,13H2,1H3,(H,21,23)(H,22,24)(H,25,26). The molecule has 0 aromatic heterocycles. The summed E-state index contributed by atoms with van der Waals surface area (Å²) in [6.07, 6.45) is 2.36. The molecule has 0 heterocycles. The van der Waals surface area contributed by atoms with E-state index in [-0.39, 0.29) is 23.1 Å². The Bertz CT molecular complexity index is 789. The van der Waals surface area contributed by atoms with Crippen molar-refractivity contribution in [3.8, 4) is 0 Å². The molecule has 2 aromatic carbocycles. The van der Waals surface area contributed by atoms with E-state index in [1.807, 2.05) is 31.2 Å². The first-order valence-corrected chi connectivity index (χ1v) is 9.62. The van der Waals surface area contributed by atoms with Crippen LogP contribution in [0, 0.1) is 0 Å². The van der Waals surface area contributed by atoms with Crippen LogP contribution in [0.3, 0.4) is 0 Å². The monoisotopic (exact) mass is 386 g/mol. The van der Waals surface area contributed by atoms with Crippen LogP contribution in [0.25, 0.3) is 0 Å². The summed E-state index contributed by atoms with van der Waals surface area (Å²) in [6, 6.07) is 13.3. The maximum atomic E-state index is 12.0. The quantitative estimate of drug-likeness (QED) is 0.560. The molecule has 0 spiro atoms. The average molecular weight is 386 g/mol. The van der Waals surface area contributed by atoms with Gasteiger partial charge in [0.25, 0.3) is 0 Å². The Labute approximate surface area is 162 Å². The fraction of sp³-hybridized carbons (Fsp3) is 0.250. The summed E-state index contributed by atoms with van der Waals surface area (Å²) in [6.45, 7) is 2.04. The zero-order valence-electron chi connectivity index (χ0n) is 15.0. The number of aromatic carboxylic acids is 1. The molecule has 6 nitrogen and oxygen atoms in total. The zero-order valence-corrected chi connectivity index (χ0v) is 15.8. The number of amides is 2. The van der Waals surface area contributed by atoms with E-state index in [2.05, 4.69) is 10.6 Å². The minimum Gasteiger partial charge on any atom is -0.478 e. The third kappa shape index (κ3) is 7.15. The molecule has 7 heteroatoms. The van der Waals surface area contributed by atoms with Crippen molar-refractivity contribution in [3.05, 3.63) is 54.1 Å². The Morgan fingerprint density at radius 1 is 0.889 bits per heavy atom. The first kappa shape index (κ1) is 20.5. The van der Waals surface area contributed by atoms with Gasteiger partial charge in [-0.1, -0.05) is 13.3 Å². The Balaban J connectivity index is 1.79. The highest BCUT2D eigenvalue weighted by Gasteiger charge is 2.07. The van der Waals surface area contributed by atoms with E-state index in [9.17, 15) is 14.4 Å². The molecule has 0 aliphatic rings. The number of carboxylic acid groups (broad SMARTS) is 1. The van der Waals surface area contributed by atoms with Crippen LogP contribution in [0.4, 0.5) is 11.4 Å². The van der Waals surface area contributed by atoms with Gasteiger partial charge in [0.2, 0.25) is 11.8 Å². The smallest absolute Gasteiger partial charge is 0.335 e. The van der Waals surface area contributed by atoms with Crippen LogP contribution in [0.5, 0.6) is 0 Å². The summed E-state index contributed by atoms with van der Waals surface area (Å²) in [5.74, 6) is -0.956. The molecule has 0 fully saturated rings. The maximum absolute atomic E-state index is 12.0. The van der Waals surface area contributed by atoms with Gasteiger partial charge >= 0.3 is 5.97 Å². The van der Waals surface area contributed by atoms with E-state index >= 15 is 0 Å². The molecule has 27 heavy (non-hydrogen) atoms. The molecular weight excluding hydrogens is 364 g/mol. The number of benzene rings is 2. The van der Waals surface area contributed by atoms with Gasteiger partial charge < -0.3 is 15.7 Å². The lowest BCUT2D eigenvalue weighted by atomic mass is 10.2. The molecule has 2 aromatic rings. The number of nitrogens with one attached hydrogen (secondary N) is 2. The normalized spacial score (nSPS) is 10.3. The van der Waals surface area contributed by atoms with Crippen molar-refractivity contribution in [2.45, 2.75) is 31.1 Å². The molecule has 0 unspecified atom stereocenters. The summed E-state index contributed by atoms with van der Waals surface area (Å²) in [4.78, 5) is 35.4. The lowest BCUT2D eigenvalue weighted by Gasteiger charge is -2.07. The molecule has 0 atom stereocenters. The van der Waals surface area contributed by atoms with E-state index in [0.29, 0.717) is 12.1 Å². The fourth-order valence-corrected chi connectivity index (χ4v) is 2.94. The number of hydrogen-bond acceptors (Lipinski definition) is 4. The highest BCUT2D eigenvalue weighted by Crippen LogP contribution is 2.21. The van der Waals surface area contributed by atoms with Gasteiger partial charge in [-0.05, 0) is 55.0 Å². The Morgan fingerprint density at radius 3 is 2.00 bits per heavy atom. The number of rotatable bonds is 9. The van der Waals surface area contributed by atoms with Gasteiger partial charge in [-0.3, -0.25) is 9.59 Å². The number of anilines is 2. The van der Waals surface area contributed by atoms with Gasteiger partial charge in [-0.2, -0.15) is 0 Å². The van der Waals surface area contributed by atoms with Crippen LogP contribution in [0.15, 0.2) is 53.4 Å². The van der Waals surface area contributed by atoms with E-state index in [4.69, 9.17) is 5.11 Å². The topological polar surface area (TPSA) is 95.5 Å².